The van der Waals surface area contributed by atoms with E-state index in [1.54, 1.807) is 6.07 Å². The Labute approximate surface area is 128 Å². The van der Waals surface area contributed by atoms with Gasteiger partial charge in [-0.05, 0) is 42.8 Å². The number of rotatable bonds is 4. The highest BCUT2D eigenvalue weighted by molar-refractivity contribution is 7.80. The molecule has 1 heterocycles. The molecule has 1 aliphatic rings. The van der Waals surface area contributed by atoms with E-state index < -0.39 is 0 Å². The van der Waals surface area contributed by atoms with E-state index in [2.05, 4.69) is 10.6 Å². The maximum Gasteiger partial charge on any atom is 0.166 e. The second-order valence-corrected chi connectivity index (χ2v) is 5.69. The molecule has 3 nitrogen and oxygen atoms in total. The van der Waals surface area contributed by atoms with Gasteiger partial charge in [-0.3, -0.25) is 0 Å². The number of ether oxygens (including phenoxy) is 1. The second-order valence-electron chi connectivity index (χ2n) is 4.43. The molecule has 0 amide bonds. The van der Waals surface area contributed by atoms with Crippen molar-refractivity contribution in [2.75, 3.05) is 13.2 Å². The zero-order valence-corrected chi connectivity index (χ0v) is 12.7. The van der Waals surface area contributed by atoms with Gasteiger partial charge in [0.05, 0.1) is 6.10 Å². The van der Waals surface area contributed by atoms with Crippen LogP contribution in [-0.4, -0.2) is 24.4 Å². The van der Waals surface area contributed by atoms with Crippen LogP contribution < -0.4 is 10.6 Å². The van der Waals surface area contributed by atoms with Gasteiger partial charge in [0.2, 0.25) is 0 Å². The number of nitrogens with one attached hydrogen (secondary N) is 2. The maximum atomic E-state index is 6.09. The van der Waals surface area contributed by atoms with Gasteiger partial charge in [0.15, 0.2) is 5.11 Å². The Bertz CT molecular complexity index is 450. The molecule has 0 saturated carbocycles. The monoisotopic (exact) mass is 318 g/mol. The molecule has 0 aliphatic carbocycles. The third kappa shape index (κ3) is 4.80. The smallest absolute Gasteiger partial charge is 0.166 e. The van der Waals surface area contributed by atoms with Crippen molar-refractivity contribution in [1.82, 2.24) is 10.6 Å². The molecule has 2 rings (SSSR count). The molecule has 1 atom stereocenters. The Morgan fingerprint density at radius 3 is 2.89 bits per heavy atom. The van der Waals surface area contributed by atoms with E-state index in [1.807, 2.05) is 12.1 Å². The van der Waals surface area contributed by atoms with Gasteiger partial charge in [-0.15, -0.1) is 0 Å². The van der Waals surface area contributed by atoms with Gasteiger partial charge in [0, 0.05) is 29.7 Å². The predicted octanol–water partition coefficient (Wildman–Crippen LogP) is 3.14. The summed E-state index contributed by atoms with van der Waals surface area (Å²) in [5.74, 6) is 0. The number of halogens is 2. The molecule has 19 heavy (non-hydrogen) atoms. The van der Waals surface area contributed by atoms with Crippen molar-refractivity contribution in [2.45, 2.75) is 25.5 Å². The summed E-state index contributed by atoms with van der Waals surface area (Å²) in [4.78, 5) is 0. The highest BCUT2D eigenvalue weighted by Gasteiger charge is 2.15. The van der Waals surface area contributed by atoms with Crippen LogP contribution in [0.5, 0.6) is 0 Å². The van der Waals surface area contributed by atoms with E-state index in [-0.39, 0.29) is 6.10 Å². The third-order valence-corrected chi connectivity index (χ3v) is 3.84. The molecular formula is C13H16Cl2N2OS. The van der Waals surface area contributed by atoms with Gasteiger partial charge in [0.1, 0.15) is 0 Å². The SMILES string of the molecule is S=C(NCc1ccc(Cl)cc1Cl)NC[C@H]1CCCO1. The van der Waals surface area contributed by atoms with Gasteiger partial charge in [-0.2, -0.15) is 0 Å². The van der Waals surface area contributed by atoms with E-state index >= 15 is 0 Å². The molecule has 1 aliphatic heterocycles. The summed E-state index contributed by atoms with van der Waals surface area (Å²) in [5.41, 5.74) is 0.965. The van der Waals surface area contributed by atoms with Crippen molar-refractivity contribution >= 4 is 40.5 Å². The first-order chi connectivity index (χ1) is 9.15. The molecule has 6 heteroatoms. The van der Waals surface area contributed by atoms with E-state index in [0.717, 1.165) is 31.6 Å². The summed E-state index contributed by atoms with van der Waals surface area (Å²) in [6, 6.07) is 5.43. The minimum atomic E-state index is 0.277. The summed E-state index contributed by atoms with van der Waals surface area (Å²) in [6.45, 7) is 2.18. The average molecular weight is 319 g/mol. The quantitative estimate of drug-likeness (QED) is 0.836. The summed E-state index contributed by atoms with van der Waals surface area (Å²) in [7, 11) is 0. The lowest BCUT2D eigenvalue weighted by Gasteiger charge is -2.14. The molecule has 1 fully saturated rings. The molecule has 0 spiro atoms. The molecule has 104 valence electrons. The van der Waals surface area contributed by atoms with Crippen LogP contribution in [0, 0.1) is 0 Å². The molecule has 1 saturated heterocycles. The van der Waals surface area contributed by atoms with Crippen LogP contribution in [0.3, 0.4) is 0 Å². The van der Waals surface area contributed by atoms with E-state index in [1.165, 1.54) is 0 Å². The fraction of sp³-hybridized carbons (Fsp3) is 0.462. The van der Waals surface area contributed by atoms with Gasteiger partial charge in [-0.1, -0.05) is 29.3 Å². The van der Waals surface area contributed by atoms with E-state index in [4.69, 9.17) is 40.2 Å². The summed E-state index contributed by atoms with van der Waals surface area (Å²) in [5, 5.41) is 8.16. The van der Waals surface area contributed by atoms with Gasteiger partial charge < -0.3 is 15.4 Å². The first kappa shape index (κ1) is 14.9. The molecule has 0 bridgehead atoms. The first-order valence-electron chi connectivity index (χ1n) is 6.22. The van der Waals surface area contributed by atoms with Gasteiger partial charge >= 0.3 is 0 Å². The molecule has 1 aromatic rings. The number of benzene rings is 1. The normalized spacial score (nSPS) is 18.3. The zero-order valence-electron chi connectivity index (χ0n) is 10.4. The predicted molar refractivity (Wildman–Crippen MR) is 82.9 cm³/mol. The molecule has 2 N–H and O–H groups in total. The van der Waals surface area contributed by atoms with E-state index in [9.17, 15) is 0 Å². The van der Waals surface area contributed by atoms with E-state index in [0.29, 0.717) is 21.7 Å². The van der Waals surface area contributed by atoms with Crippen molar-refractivity contribution in [3.05, 3.63) is 33.8 Å². The fourth-order valence-corrected chi connectivity index (χ4v) is 2.55. The molecule has 0 unspecified atom stereocenters. The Kier molecular flexibility index (Phi) is 5.70. The lowest BCUT2D eigenvalue weighted by molar-refractivity contribution is 0.114. The van der Waals surface area contributed by atoms with Crippen LogP contribution in [0.15, 0.2) is 18.2 Å². The average Bonchev–Trinajstić information content (AvgIpc) is 2.88. The molecular weight excluding hydrogens is 303 g/mol. The van der Waals surface area contributed by atoms with Gasteiger partial charge in [0.25, 0.3) is 0 Å². The Balaban J connectivity index is 1.73. The van der Waals surface area contributed by atoms with Crippen molar-refractivity contribution in [3.63, 3.8) is 0 Å². The topological polar surface area (TPSA) is 33.3 Å². The van der Waals surface area contributed by atoms with Crippen molar-refractivity contribution in [2.24, 2.45) is 0 Å². The second kappa shape index (κ2) is 7.29. The molecule has 1 aromatic carbocycles. The number of hydrogen-bond acceptors (Lipinski definition) is 2. The molecule has 0 aromatic heterocycles. The lowest BCUT2D eigenvalue weighted by atomic mass is 10.2. The van der Waals surface area contributed by atoms with Crippen LogP contribution in [0.4, 0.5) is 0 Å². The Morgan fingerprint density at radius 1 is 1.37 bits per heavy atom. The highest BCUT2D eigenvalue weighted by Crippen LogP contribution is 2.20. The van der Waals surface area contributed by atoms with Crippen LogP contribution in [0.1, 0.15) is 18.4 Å². The minimum absolute atomic E-state index is 0.277. The van der Waals surface area contributed by atoms with Crippen LogP contribution in [0.2, 0.25) is 10.0 Å². The Morgan fingerprint density at radius 2 is 2.21 bits per heavy atom. The number of thiocarbonyl (C=S) groups is 1. The minimum Gasteiger partial charge on any atom is -0.376 e. The summed E-state index contributed by atoms with van der Waals surface area (Å²) >= 11 is 17.1. The maximum absolute atomic E-state index is 6.09. The third-order valence-electron chi connectivity index (χ3n) is 2.97. The largest absolute Gasteiger partial charge is 0.376 e. The highest BCUT2D eigenvalue weighted by atomic mass is 35.5. The van der Waals surface area contributed by atoms with Gasteiger partial charge in [-0.25, -0.2) is 0 Å². The van der Waals surface area contributed by atoms with Crippen molar-refractivity contribution in [1.29, 1.82) is 0 Å². The Hall–Kier alpha value is -0.550. The first-order valence-corrected chi connectivity index (χ1v) is 7.39. The standard InChI is InChI=1S/C13H16Cl2N2OS/c14-10-4-3-9(12(15)6-10)7-16-13(19)17-8-11-2-1-5-18-11/h3-4,6,11H,1-2,5,7-8H2,(H2,16,17,19)/t11-/m1/s1. The summed E-state index contributed by atoms with van der Waals surface area (Å²) in [6.07, 6.45) is 2.50. The zero-order chi connectivity index (χ0) is 13.7. The number of hydrogen-bond donors (Lipinski definition) is 2. The lowest BCUT2D eigenvalue weighted by Crippen LogP contribution is -2.39. The van der Waals surface area contributed by atoms with Crippen molar-refractivity contribution in [3.8, 4) is 0 Å². The summed E-state index contributed by atoms with van der Waals surface area (Å²) < 4.78 is 5.51. The van der Waals surface area contributed by atoms with Crippen molar-refractivity contribution < 1.29 is 4.74 Å². The molecule has 0 radical (unpaired) electrons. The fourth-order valence-electron chi connectivity index (χ4n) is 1.91. The van der Waals surface area contributed by atoms with Crippen LogP contribution >= 0.6 is 35.4 Å². The van der Waals surface area contributed by atoms with Crippen LogP contribution in [0.25, 0.3) is 0 Å². The van der Waals surface area contributed by atoms with Crippen LogP contribution in [-0.2, 0) is 11.3 Å².